The van der Waals surface area contributed by atoms with Crippen molar-refractivity contribution < 1.29 is 18.7 Å². The van der Waals surface area contributed by atoms with Gasteiger partial charge in [-0.05, 0) is 49.1 Å². The van der Waals surface area contributed by atoms with Gasteiger partial charge in [0.25, 0.3) is 0 Å². The fraction of sp³-hybridized carbons (Fsp3) is 0.320. The Kier molecular flexibility index (Phi) is 6.50. The average molecular weight is 408 g/mol. The number of ether oxygens (including phenoxy) is 2. The molecule has 2 aromatic carbocycles. The molecule has 158 valence electrons. The van der Waals surface area contributed by atoms with E-state index in [2.05, 4.69) is 19.2 Å². The highest BCUT2D eigenvalue weighted by Gasteiger charge is 2.19. The number of fused-ring (bicyclic) bond motifs is 1. The molecule has 0 fully saturated rings. The highest BCUT2D eigenvalue weighted by Crippen LogP contribution is 2.41. The summed E-state index contributed by atoms with van der Waals surface area (Å²) in [4.78, 5) is 12.3. The van der Waals surface area contributed by atoms with E-state index in [1.807, 2.05) is 44.2 Å². The van der Waals surface area contributed by atoms with E-state index in [4.69, 9.17) is 13.9 Å². The monoisotopic (exact) mass is 407 g/mol. The summed E-state index contributed by atoms with van der Waals surface area (Å²) in [5.41, 5.74) is 5.33. The van der Waals surface area contributed by atoms with E-state index in [0.29, 0.717) is 18.2 Å². The Hall–Kier alpha value is -3.21. The molecule has 1 aromatic heterocycles. The molecule has 0 saturated heterocycles. The Morgan fingerprint density at radius 1 is 1.20 bits per heavy atom. The smallest absolute Gasteiger partial charge is 0.244 e. The number of furan rings is 1. The highest BCUT2D eigenvalue weighted by atomic mass is 16.5. The number of benzene rings is 2. The number of rotatable bonds is 7. The van der Waals surface area contributed by atoms with Gasteiger partial charge in [-0.15, -0.1) is 0 Å². The van der Waals surface area contributed by atoms with Crippen LogP contribution in [0.4, 0.5) is 0 Å². The Labute approximate surface area is 177 Å². The van der Waals surface area contributed by atoms with Gasteiger partial charge in [0.15, 0.2) is 0 Å². The van der Waals surface area contributed by atoms with Gasteiger partial charge in [0.2, 0.25) is 5.91 Å². The van der Waals surface area contributed by atoms with Crippen LogP contribution in [0.15, 0.2) is 47.1 Å². The quantitative estimate of drug-likeness (QED) is 0.518. The lowest BCUT2D eigenvalue weighted by molar-refractivity contribution is -0.116. The van der Waals surface area contributed by atoms with Gasteiger partial charge in [0.05, 0.1) is 20.5 Å². The second kappa shape index (κ2) is 9.08. The lowest BCUT2D eigenvalue weighted by Gasteiger charge is -2.13. The topological polar surface area (TPSA) is 60.7 Å². The zero-order valence-corrected chi connectivity index (χ0v) is 18.5. The molecule has 5 heteroatoms. The van der Waals surface area contributed by atoms with E-state index >= 15 is 0 Å². The van der Waals surface area contributed by atoms with Crippen molar-refractivity contribution in [3.05, 3.63) is 53.8 Å². The molecule has 1 heterocycles. The number of hydrogen-bond donors (Lipinski definition) is 1. The van der Waals surface area contributed by atoms with E-state index < -0.39 is 0 Å². The van der Waals surface area contributed by atoms with Crippen molar-refractivity contribution in [1.82, 2.24) is 5.32 Å². The first-order valence-corrected chi connectivity index (χ1v) is 10.0. The maximum atomic E-state index is 12.3. The van der Waals surface area contributed by atoms with E-state index in [-0.39, 0.29) is 5.91 Å². The van der Waals surface area contributed by atoms with Crippen LogP contribution < -0.4 is 14.8 Å². The summed E-state index contributed by atoms with van der Waals surface area (Å²) in [6.07, 6.45) is 3.38. The summed E-state index contributed by atoms with van der Waals surface area (Å²) in [5.74, 6) is 1.78. The number of hydrogen-bond acceptors (Lipinski definition) is 4. The molecule has 0 unspecified atom stereocenters. The number of carbonyl (C=O) groups is 1. The number of allylic oxidation sites excluding steroid dienone is 1. The summed E-state index contributed by atoms with van der Waals surface area (Å²) < 4.78 is 17.0. The Balaban J connectivity index is 2.11. The molecule has 0 aliphatic heterocycles. The predicted octanol–water partition coefficient (Wildman–Crippen LogP) is 5.60. The second-order valence-corrected chi connectivity index (χ2v) is 7.81. The predicted molar refractivity (Wildman–Crippen MR) is 121 cm³/mol. The molecule has 3 aromatic rings. The zero-order valence-electron chi connectivity index (χ0n) is 18.5. The summed E-state index contributed by atoms with van der Waals surface area (Å²) in [6, 6.07) is 9.89. The molecule has 0 radical (unpaired) electrons. The first kappa shape index (κ1) is 21.5. The zero-order chi connectivity index (χ0) is 21.8. The van der Waals surface area contributed by atoms with Crippen LogP contribution in [0.5, 0.6) is 11.5 Å². The molecule has 5 nitrogen and oxygen atoms in total. The van der Waals surface area contributed by atoms with E-state index in [0.717, 1.165) is 44.5 Å². The molecular weight excluding hydrogens is 378 g/mol. The maximum Gasteiger partial charge on any atom is 0.244 e. The van der Waals surface area contributed by atoms with Crippen molar-refractivity contribution in [1.29, 1.82) is 0 Å². The van der Waals surface area contributed by atoms with Gasteiger partial charge in [-0.1, -0.05) is 26.0 Å². The summed E-state index contributed by atoms with van der Waals surface area (Å²) in [7, 11) is 3.29. The van der Waals surface area contributed by atoms with Gasteiger partial charge in [0, 0.05) is 34.7 Å². The standard InChI is InChI=1S/C25H29NO4/c1-15(2)13-26-23(27)10-16(3)20-12-21-22(18-8-7-9-19(11-18)28-5)14-30-25(21)17(4)24(20)29-6/h7-12,14-15H,13H2,1-6H3,(H,26,27)/b16-10+. The molecule has 1 amide bonds. The molecule has 0 aliphatic carbocycles. The maximum absolute atomic E-state index is 12.3. The lowest BCUT2D eigenvalue weighted by Crippen LogP contribution is -2.25. The van der Waals surface area contributed by atoms with Crippen LogP contribution in [-0.2, 0) is 4.79 Å². The highest BCUT2D eigenvalue weighted by molar-refractivity contribution is 6.01. The van der Waals surface area contributed by atoms with E-state index in [9.17, 15) is 4.79 Å². The van der Waals surface area contributed by atoms with Crippen LogP contribution in [0.3, 0.4) is 0 Å². The van der Waals surface area contributed by atoms with Crippen LogP contribution in [0.1, 0.15) is 31.9 Å². The molecule has 1 N–H and O–H groups in total. The van der Waals surface area contributed by atoms with Crippen LogP contribution >= 0.6 is 0 Å². The van der Waals surface area contributed by atoms with Gasteiger partial charge in [-0.2, -0.15) is 0 Å². The van der Waals surface area contributed by atoms with E-state index in [1.54, 1.807) is 26.6 Å². The third-order valence-electron chi connectivity index (χ3n) is 5.09. The SMILES string of the molecule is COc1cccc(-c2coc3c(C)c(OC)c(/C(C)=C/C(=O)NCC(C)C)cc23)c1. The second-order valence-electron chi connectivity index (χ2n) is 7.81. The minimum absolute atomic E-state index is 0.110. The summed E-state index contributed by atoms with van der Waals surface area (Å²) in [6.45, 7) is 8.66. The fourth-order valence-electron chi connectivity index (χ4n) is 3.52. The van der Waals surface area contributed by atoms with Gasteiger partial charge in [-0.25, -0.2) is 0 Å². The third kappa shape index (κ3) is 4.35. The number of carbonyl (C=O) groups excluding carboxylic acids is 1. The van der Waals surface area contributed by atoms with Crippen molar-refractivity contribution in [3.8, 4) is 22.6 Å². The van der Waals surface area contributed by atoms with Crippen LogP contribution in [0.25, 0.3) is 27.7 Å². The van der Waals surface area contributed by atoms with Crippen molar-refractivity contribution in [3.63, 3.8) is 0 Å². The van der Waals surface area contributed by atoms with E-state index in [1.165, 1.54) is 0 Å². The third-order valence-corrected chi connectivity index (χ3v) is 5.09. The number of aryl methyl sites for hydroxylation is 1. The molecule has 0 atom stereocenters. The molecule has 0 bridgehead atoms. The first-order chi connectivity index (χ1) is 14.3. The average Bonchev–Trinajstić information content (AvgIpc) is 3.16. The van der Waals surface area contributed by atoms with Crippen molar-refractivity contribution in [2.24, 2.45) is 5.92 Å². The number of amides is 1. The van der Waals surface area contributed by atoms with Crippen LogP contribution in [0, 0.1) is 12.8 Å². The van der Waals surface area contributed by atoms with Crippen molar-refractivity contribution >= 4 is 22.4 Å². The molecule has 0 saturated carbocycles. The van der Waals surface area contributed by atoms with Crippen molar-refractivity contribution in [2.75, 3.05) is 20.8 Å². The van der Waals surface area contributed by atoms with Gasteiger partial charge in [-0.3, -0.25) is 4.79 Å². The minimum atomic E-state index is -0.110. The van der Waals surface area contributed by atoms with Crippen molar-refractivity contribution in [2.45, 2.75) is 27.7 Å². The molecule has 0 spiro atoms. The van der Waals surface area contributed by atoms with Gasteiger partial charge in [0.1, 0.15) is 17.1 Å². The van der Waals surface area contributed by atoms with Crippen LogP contribution in [-0.4, -0.2) is 26.7 Å². The summed E-state index contributed by atoms with van der Waals surface area (Å²) in [5, 5.41) is 3.89. The minimum Gasteiger partial charge on any atom is -0.497 e. The molecule has 3 rings (SSSR count). The fourth-order valence-corrected chi connectivity index (χ4v) is 3.52. The molecular formula is C25H29NO4. The first-order valence-electron chi connectivity index (χ1n) is 10.0. The van der Waals surface area contributed by atoms with Crippen LogP contribution in [0.2, 0.25) is 0 Å². The number of nitrogens with one attached hydrogen (secondary N) is 1. The summed E-state index contributed by atoms with van der Waals surface area (Å²) >= 11 is 0. The largest absolute Gasteiger partial charge is 0.497 e. The number of methoxy groups -OCH3 is 2. The van der Waals surface area contributed by atoms with Gasteiger partial charge < -0.3 is 19.2 Å². The van der Waals surface area contributed by atoms with Gasteiger partial charge >= 0.3 is 0 Å². The molecule has 30 heavy (non-hydrogen) atoms. The molecule has 0 aliphatic rings. The Bertz CT molecular complexity index is 1090. The normalized spacial score (nSPS) is 11.8. The Morgan fingerprint density at radius 2 is 1.97 bits per heavy atom. The lowest BCUT2D eigenvalue weighted by atomic mass is 9.96. The Morgan fingerprint density at radius 3 is 2.63 bits per heavy atom.